The van der Waals surface area contributed by atoms with Crippen molar-refractivity contribution in [1.29, 1.82) is 0 Å². The molecule has 19 heavy (non-hydrogen) atoms. The molecule has 1 atom stereocenters. The Morgan fingerprint density at radius 2 is 2.11 bits per heavy atom. The lowest BCUT2D eigenvalue weighted by molar-refractivity contribution is 0.602. The highest BCUT2D eigenvalue weighted by Crippen LogP contribution is 2.16. The topological polar surface area (TPSA) is 43.8 Å². The third kappa shape index (κ3) is 3.80. The van der Waals surface area contributed by atoms with Gasteiger partial charge in [-0.1, -0.05) is 42.5 Å². The molecule has 0 saturated heterocycles. The summed E-state index contributed by atoms with van der Waals surface area (Å²) in [4.78, 5) is 4.22. The lowest BCUT2D eigenvalue weighted by Crippen LogP contribution is -2.17. The van der Waals surface area contributed by atoms with E-state index in [0.717, 1.165) is 25.1 Å². The maximum absolute atomic E-state index is 6.30. The van der Waals surface area contributed by atoms with Crippen LogP contribution in [0.2, 0.25) is 0 Å². The Morgan fingerprint density at radius 1 is 1.32 bits per heavy atom. The molecule has 0 radical (unpaired) electrons. The predicted octanol–water partition coefficient (Wildman–Crippen LogP) is 3.09. The van der Waals surface area contributed by atoms with E-state index < -0.39 is 0 Å². The first-order valence-corrected chi connectivity index (χ1v) is 6.72. The van der Waals surface area contributed by atoms with Crippen LogP contribution in [0.4, 0.5) is 0 Å². The van der Waals surface area contributed by atoms with E-state index in [1.807, 2.05) is 37.6 Å². The van der Waals surface area contributed by atoms with Gasteiger partial charge in [-0.05, 0) is 25.3 Å². The van der Waals surface area contributed by atoms with Crippen LogP contribution in [-0.2, 0) is 13.0 Å². The van der Waals surface area contributed by atoms with Crippen LogP contribution in [0.3, 0.4) is 0 Å². The SMILES string of the molecule is C/C=C/CCn1cncc1[C@H](N)Cc1ccccc1. The molecule has 2 N–H and O–H groups in total. The molecular weight excluding hydrogens is 234 g/mol. The third-order valence-electron chi connectivity index (χ3n) is 3.20. The summed E-state index contributed by atoms with van der Waals surface area (Å²) < 4.78 is 2.15. The molecule has 2 rings (SSSR count). The van der Waals surface area contributed by atoms with E-state index in [1.54, 1.807) is 0 Å². The number of imidazole rings is 1. The van der Waals surface area contributed by atoms with E-state index in [0.29, 0.717) is 0 Å². The van der Waals surface area contributed by atoms with E-state index in [9.17, 15) is 0 Å². The van der Waals surface area contributed by atoms with Crippen molar-refractivity contribution in [2.45, 2.75) is 32.4 Å². The summed E-state index contributed by atoms with van der Waals surface area (Å²) in [7, 11) is 0. The number of allylic oxidation sites excluding steroid dienone is 2. The molecule has 1 aromatic carbocycles. The first-order chi connectivity index (χ1) is 9.31. The molecule has 1 heterocycles. The molecule has 0 bridgehead atoms. The van der Waals surface area contributed by atoms with E-state index in [-0.39, 0.29) is 6.04 Å². The molecule has 100 valence electrons. The number of aromatic nitrogens is 2. The fraction of sp³-hybridized carbons (Fsp3) is 0.312. The molecule has 0 unspecified atom stereocenters. The minimum Gasteiger partial charge on any atom is -0.333 e. The maximum Gasteiger partial charge on any atom is 0.0948 e. The van der Waals surface area contributed by atoms with Crippen LogP contribution < -0.4 is 5.73 Å². The minimum absolute atomic E-state index is 0.00416. The van der Waals surface area contributed by atoms with Crippen LogP contribution in [0.15, 0.2) is 55.0 Å². The standard InChI is InChI=1S/C16H21N3/c1-2-3-7-10-19-13-18-12-16(19)15(17)11-14-8-5-4-6-9-14/h2-6,8-9,12-13,15H,7,10-11,17H2,1H3/b3-2+/t15-/m1/s1. The Hall–Kier alpha value is -1.87. The van der Waals surface area contributed by atoms with Crippen molar-refractivity contribution in [3.63, 3.8) is 0 Å². The molecule has 3 nitrogen and oxygen atoms in total. The average molecular weight is 255 g/mol. The first-order valence-electron chi connectivity index (χ1n) is 6.72. The second-order valence-corrected chi connectivity index (χ2v) is 4.67. The van der Waals surface area contributed by atoms with E-state index in [2.05, 4.69) is 33.8 Å². The largest absolute Gasteiger partial charge is 0.333 e. The molecule has 0 aliphatic carbocycles. The summed E-state index contributed by atoms with van der Waals surface area (Å²) in [5, 5.41) is 0. The van der Waals surface area contributed by atoms with Crippen molar-refractivity contribution in [2.75, 3.05) is 0 Å². The van der Waals surface area contributed by atoms with E-state index in [4.69, 9.17) is 5.73 Å². The number of hydrogen-bond acceptors (Lipinski definition) is 2. The van der Waals surface area contributed by atoms with Gasteiger partial charge in [0, 0.05) is 12.7 Å². The van der Waals surface area contributed by atoms with Crippen molar-refractivity contribution in [1.82, 2.24) is 9.55 Å². The number of nitrogens with two attached hydrogens (primary N) is 1. The number of aryl methyl sites for hydroxylation is 1. The summed E-state index contributed by atoms with van der Waals surface area (Å²) in [6, 6.07) is 10.3. The maximum atomic E-state index is 6.30. The fourth-order valence-corrected chi connectivity index (χ4v) is 2.18. The van der Waals surface area contributed by atoms with Crippen molar-refractivity contribution in [2.24, 2.45) is 5.73 Å². The zero-order valence-electron chi connectivity index (χ0n) is 11.4. The van der Waals surface area contributed by atoms with Crippen molar-refractivity contribution in [3.8, 4) is 0 Å². The number of hydrogen-bond donors (Lipinski definition) is 1. The highest BCUT2D eigenvalue weighted by Gasteiger charge is 2.11. The molecule has 3 heteroatoms. The first kappa shape index (κ1) is 13.6. The number of rotatable bonds is 6. The van der Waals surface area contributed by atoms with Gasteiger partial charge in [0.15, 0.2) is 0 Å². The van der Waals surface area contributed by atoms with Gasteiger partial charge in [-0.25, -0.2) is 4.98 Å². The quantitative estimate of drug-likeness (QED) is 0.806. The van der Waals surface area contributed by atoms with Gasteiger partial charge in [0.05, 0.1) is 18.1 Å². The van der Waals surface area contributed by atoms with Gasteiger partial charge in [-0.3, -0.25) is 0 Å². The lowest BCUT2D eigenvalue weighted by Gasteiger charge is -2.14. The summed E-state index contributed by atoms with van der Waals surface area (Å²) in [5.74, 6) is 0. The van der Waals surface area contributed by atoms with Crippen molar-refractivity contribution >= 4 is 0 Å². The van der Waals surface area contributed by atoms with Gasteiger partial charge in [0.25, 0.3) is 0 Å². The van der Waals surface area contributed by atoms with E-state index in [1.165, 1.54) is 5.56 Å². The van der Waals surface area contributed by atoms with Crippen molar-refractivity contribution in [3.05, 3.63) is 66.3 Å². The Kier molecular flexibility index (Phi) is 4.93. The Labute approximate surface area is 114 Å². The molecule has 2 aromatic rings. The van der Waals surface area contributed by atoms with Gasteiger partial charge in [0.2, 0.25) is 0 Å². The molecular formula is C16H21N3. The monoisotopic (exact) mass is 255 g/mol. The van der Waals surface area contributed by atoms with Crippen molar-refractivity contribution < 1.29 is 0 Å². The van der Waals surface area contributed by atoms with Crippen LogP contribution in [0, 0.1) is 0 Å². The number of nitrogens with zero attached hydrogens (tertiary/aromatic N) is 2. The van der Waals surface area contributed by atoms with Crippen LogP contribution in [0.25, 0.3) is 0 Å². The summed E-state index contributed by atoms with van der Waals surface area (Å²) in [5.41, 5.74) is 8.66. The molecule has 0 amide bonds. The van der Waals surface area contributed by atoms with E-state index >= 15 is 0 Å². The molecule has 0 spiro atoms. The average Bonchev–Trinajstić information content (AvgIpc) is 2.89. The Bertz CT molecular complexity index is 514. The second kappa shape index (κ2) is 6.90. The normalized spacial score (nSPS) is 12.9. The minimum atomic E-state index is -0.00416. The lowest BCUT2D eigenvalue weighted by atomic mass is 10.0. The zero-order valence-corrected chi connectivity index (χ0v) is 11.4. The molecule has 1 aromatic heterocycles. The smallest absolute Gasteiger partial charge is 0.0948 e. The third-order valence-corrected chi connectivity index (χ3v) is 3.20. The molecule has 0 aliphatic heterocycles. The fourth-order valence-electron chi connectivity index (χ4n) is 2.18. The van der Waals surface area contributed by atoms with Crippen LogP contribution in [-0.4, -0.2) is 9.55 Å². The number of benzene rings is 1. The Balaban J connectivity index is 2.03. The van der Waals surface area contributed by atoms with Crippen LogP contribution >= 0.6 is 0 Å². The highest BCUT2D eigenvalue weighted by atomic mass is 15.1. The second-order valence-electron chi connectivity index (χ2n) is 4.67. The summed E-state index contributed by atoms with van der Waals surface area (Å²) in [6.07, 6.45) is 9.83. The molecule has 0 aliphatic rings. The van der Waals surface area contributed by atoms with Gasteiger partial charge in [-0.15, -0.1) is 0 Å². The highest BCUT2D eigenvalue weighted by molar-refractivity contribution is 5.18. The van der Waals surface area contributed by atoms with Crippen LogP contribution in [0.5, 0.6) is 0 Å². The summed E-state index contributed by atoms with van der Waals surface area (Å²) >= 11 is 0. The predicted molar refractivity (Wildman–Crippen MR) is 78.7 cm³/mol. The molecule has 0 saturated carbocycles. The van der Waals surface area contributed by atoms with Gasteiger partial charge < -0.3 is 10.3 Å². The zero-order chi connectivity index (χ0) is 13.5. The summed E-state index contributed by atoms with van der Waals surface area (Å²) in [6.45, 7) is 2.97. The van der Waals surface area contributed by atoms with Gasteiger partial charge in [-0.2, -0.15) is 0 Å². The van der Waals surface area contributed by atoms with Crippen LogP contribution in [0.1, 0.15) is 30.6 Å². The van der Waals surface area contributed by atoms with Gasteiger partial charge in [0.1, 0.15) is 0 Å². The Morgan fingerprint density at radius 3 is 2.84 bits per heavy atom. The molecule has 0 fully saturated rings. The van der Waals surface area contributed by atoms with Gasteiger partial charge >= 0.3 is 0 Å².